The zero-order valence-electron chi connectivity index (χ0n) is 16.3. The molecular formula is C19H22KN4O3S. The first-order valence-electron chi connectivity index (χ1n) is 9.08. The quantitative estimate of drug-likeness (QED) is 0.737. The molecule has 1 radical (unpaired) electrons. The Kier molecular flexibility index (Phi) is 6.53. The van der Waals surface area contributed by atoms with Crippen LogP contribution in [-0.2, 0) is 29.3 Å². The van der Waals surface area contributed by atoms with E-state index in [1.54, 1.807) is 6.20 Å². The van der Waals surface area contributed by atoms with Crippen molar-refractivity contribution in [3.8, 4) is 0 Å². The standard InChI is InChI=1S/C19H22N4O3S.K/c1-12(2)23-10-9-17(21-23)27(25,26)22-19(24)20-18-15-7-3-5-13(15)11-14-6-4-8-16(14)18;/h3,5,9-12H,4,6-8H2,1-2H3,(H2,20,22,24);. The fraction of sp³-hybridized carbons (Fsp3) is 0.368. The number of aromatic nitrogens is 2. The number of carbonyl (C=O) groups excluding carboxylic acids is 1. The molecule has 0 saturated carbocycles. The van der Waals surface area contributed by atoms with E-state index < -0.39 is 16.1 Å². The Morgan fingerprint density at radius 2 is 2.04 bits per heavy atom. The first-order chi connectivity index (χ1) is 12.8. The molecule has 0 spiro atoms. The van der Waals surface area contributed by atoms with Crippen LogP contribution in [0.5, 0.6) is 0 Å². The van der Waals surface area contributed by atoms with Crippen molar-refractivity contribution >= 4 is 79.2 Å². The summed E-state index contributed by atoms with van der Waals surface area (Å²) in [6, 6.07) is 2.84. The molecule has 7 nitrogen and oxygen atoms in total. The van der Waals surface area contributed by atoms with Gasteiger partial charge in [-0.2, -0.15) is 13.5 Å². The topological polar surface area (TPSA) is 93.1 Å². The van der Waals surface area contributed by atoms with Crippen LogP contribution in [0.4, 0.5) is 10.5 Å². The predicted octanol–water partition coefficient (Wildman–Crippen LogP) is 2.65. The molecule has 1 heterocycles. The summed E-state index contributed by atoms with van der Waals surface area (Å²) in [5.74, 6) is 0. The molecule has 28 heavy (non-hydrogen) atoms. The summed E-state index contributed by atoms with van der Waals surface area (Å²) in [6.07, 6.45) is 9.35. The summed E-state index contributed by atoms with van der Waals surface area (Å²) in [4.78, 5) is 12.5. The molecule has 2 aliphatic carbocycles. The van der Waals surface area contributed by atoms with E-state index in [1.807, 2.05) is 19.9 Å². The molecular weight excluding hydrogens is 403 g/mol. The van der Waals surface area contributed by atoms with Crippen LogP contribution < -0.4 is 10.0 Å². The largest absolute Gasteiger partial charge is 0.333 e. The van der Waals surface area contributed by atoms with E-state index in [0.29, 0.717) is 0 Å². The molecule has 9 heteroatoms. The molecule has 0 bridgehead atoms. The van der Waals surface area contributed by atoms with Gasteiger partial charge in [0.1, 0.15) is 0 Å². The molecule has 4 rings (SSSR count). The third-order valence-electron chi connectivity index (χ3n) is 5.02. The number of amides is 2. The molecule has 0 aliphatic heterocycles. The third-order valence-corrected chi connectivity index (χ3v) is 6.24. The maximum absolute atomic E-state index is 12.5. The van der Waals surface area contributed by atoms with E-state index in [0.717, 1.165) is 48.1 Å². The van der Waals surface area contributed by atoms with E-state index in [4.69, 9.17) is 0 Å². The summed E-state index contributed by atoms with van der Waals surface area (Å²) < 4.78 is 28.6. The summed E-state index contributed by atoms with van der Waals surface area (Å²) in [6.45, 7) is 3.79. The summed E-state index contributed by atoms with van der Waals surface area (Å²) in [5.41, 5.74) is 5.25. The fourth-order valence-corrected chi connectivity index (χ4v) is 4.54. The number of nitrogens with one attached hydrogen (secondary N) is 2. The molecule has 1 aromatic heterocycles. The van der Waals surface area contributed by atoms with E-state index in [9.17, 15) is 13.2 Å². The minimum absolute atomic E-state index is 0. The Hall–Kier alpha value is -0.974. The van der Waals surface area contributed by atoms with Crippen LogP contribution in [0.25, 0.3) is 6.08 Å². The average Bonchev–Trinajstić information content (AvgIpc) is 3.34. The number of sulfonamides is 1. The summed E-state index contributed by atoms with van der Waals surface area (Å²) >= 11 is 0. The Morgan fingerprint density at radius 1 is 1.25 bits per heavy atom. The van der Waals surface area contributed by atoms with Gasteiger partial charge in [-0.05, 0) is 67.9 Å². The predicted molar refractivity (Wildman–Crippen MR) is 109 cm³/mol. The maximum Gasteiger partial charge on any atom is 0.333 e. The van der Waals surface area contributed by atoms with Crippen molar-refractivity contribution in [2.75, 3.05) is 5.32 Å². The number of fused-ring (bicyclic) bond motifs is 2. The number of hydrogen-bond donors (Lipinski definition) is 2. The number of aryl methyl sites for hydroxylation is 1. The van der Waals surface area contributed by atoms with Gasteiger partial charge in [0.2, 0.25) is 0 Å². The Balaban J connectivity index is 0.00000225. The number of nitrogens with zero attached hydrogens (tertiary/aromatic N) is 2. The summed E-state index contributed by atoms with van der Waals surface area (Å²) in [7, 11) is -4.03. The number of anilines is 1. The number of benzene rings is 1. The fourth-order valence-electron chi connectivity index (χ4n) is 3.70. The zero-order chi connectivity index (χ0) is 19.2. The second-order valence-electron chi connectivity index (χ2n) is 7.20. The van der Waals surface area contributed by atoms with Crippen LogP contribution in [0.2, 0.25) is 0 Å². The minimum Gasteiger partial charge on any atom is -0.307 e. The van der Waals surface area contributed by atoms with Crippen LogP contribution in [0.15, 0.2) is 29.4 Å². The Labute approximate surface area is 207 Å². The average molecular weight is 426 g/mol. The zero-order valence-corrected chi connectivity index (χ0v) is 20.3. The Morgan fingerprint density at radius 3 is 2.75 bits per heavy atom. The van der Waals surface area contributed by atoms with Gasteiger partial charge < -0.3 is 5.32 Å². The van der Waals surface area contributed by atoms with Crippen molar-refractivity contribution in [3.05, 3.63) is 46.7 Å². The van der Waals surface area contributed by atoms with E-state index in [2.05, 4.69) is 27.3 Å². The number of carbonyl (C=O) groups is 1. The Bertz CT molecular complexity index is 1050. The molecule has 2 N–H and O–H groups in total. The van der Waals surface area contributed by atoms with Crippen LogP contribution in [0, 0.1) is 0 Å². The van der Waals surface area contributed by atoms with Gasteiger partial charge in [0.15, 0.2) is 5.03 Å². The van der Waals surface area contributed by atoms with Gasteiger partial charge in [0.25, 0.3) is 10.0 Å². The van der Waals surface area contributed by atoms with Gasteiger partial charge in [-0.15, -0.1) is 0 Å². The smallest absolute Gasteiger partial charge is 0.307 e. The molecule has 0 saturated heterocycles. The third kappa shape index (κ3) is 4.15. The first kappa shape index (κ1) is 21.7. The number of allylic oxidation sites excluding steroid dienone is 1. The van der Waals surface area contributed by atoms with Crippen molar-refractivity contribution in [2.24, 2.45) is 0 Å². The number of hydrogen-bond acceptors (Lipinski definition) is 4. The molecule has 2 aromatic rings. The second kappa shape index (κ2) is 8.41. The first-order valence-corrected chi connectivity index (χ1v) is 10.6. The van der Waals surface area contributed by atoms with Crippen LogP contribution in [0.3, 0.4) is 0 Å². The molecule has 2 aliphatic rings. The minimum atomic E-state index is -4.03. The summed E-state index contributed by atoms with van der Waals surface area (Å²) in [5, 5.41) is 6.66. The molecule has 2 amide bonds. The van der Waals surface area contributed by atoms with E-state index in [1.165, 1.54) is 16.3 Å². The van der Waals surface area contributed by atoms with Gasteiger partial charge in [0, 0.05) is 69.3 Å². The van der Waals surface area contributed by atoms with Crippen molar-refractivity contribution in [3.63, 3.8) is 0 Å². The van der Waals surface area contributed by atoms with Crippen molar-refractivity contribution < 1.29 is 13.2 Å². The van der Waals surface area contributed by atoms with Gasteiger partial charge in [-0.25, -0.2) is 9.52 Å². The van der Waals surface area contributed by atoms with Gasteiger partial charge in [-0.3, -0.25) is 4.68 Å². The van der Waals surface area contributed by atoms with Crippen LogP contribution in [0.1, 0.15) is 48.6 Å². The van der Waals surface area contributed by atoms with Crippen molar-refractivity contribution in [2.45, 2.75) is 50.6 Å². The van der Waals surface area contributed by atoms with Gasteiger partial charge in [0.05, 0.1) is 0 Å². The van der Waals surface area contributed by atoms with Gasteiger partial charge in [-0.1, -0.05) is 18.2 Å². The number of urea groups is 1. The van der Waals surface area contributed by atoms with Crippen LogP contribution >= 0.6 is 0 Å². The van der Waals surface area contributed by atoms with Crippen molar-refractivity contribution in [1.29, 1.82) is 0 Å². The molecule has 0 atom stereocenters. The number of rotatable bonds is 4. The maximum atomic E-state index is 12.5. The second-order valence-corrected chi connectivity index (χ2v) is 8.83. The van der Waals surface area contributed by atoms with Crippen molar-refractivity contribution in [1.82, 2.24) is 14.5 Å². The molecule has 0 fully saturated rings. The monoisotopic (exact) mass is 425 g/mol. The van der Waals surface area contributed by atoms with E-state index in [-0.39, 0.29) is 62.5 Å². The normalized spacial score (nSPS) is 14.5. The SMILES string of the molecule is CC(C)n1ccc(S(=O)(=O)NC(=O)Nc2c3c(cc4c2CCC4)C=CC3)n1.[K]. The van der Waals surface area contributed by atoms with E-state index >= 15 is 0 Å². The molecule has 0 unspecified atom stereocenters. The molecule has 143 valence electrons. The van der Waals surface area contributed by atoms with Gasteiger partial charge >= 0.3 is 6.03 Å². The van der Waals surface area contributed by atoms with Crippen LogP contribution in [-0.4, -0.2) is 75.6 Å². The molecule has 1 aromatic carbocycles.